The number of esters is 1. The number of nitrogens with zero attached hydrogens (tertiary/aromatic N) is 3. The molecule has 2 amide bonds. The number of benzene rings is 1. The van der Waals surface area contributed by atoms with Crippen LogP contribution in [0.5, 0.6) is 0 Å². The molecule has 0 atom stereocenters. The van der Waals surface area contributed by atoms with Gasteiger partial charge < -0.3 is 19.9 Å². The average molecular weight is 446 g/mol. The molecule has 0 bridgehead atoms. The van der Waals surface area contributed by atoms with Crippen LogP contribution in [-0.4, -0.2) is 74.3 Å². The van der Waals surface area contributed by atoms with Crippen molar-refractivity contribution in [3.63, 3.8) is 0 Å². The minimum atomic E-state index is -3.49. The predicted octanol–water partition coefficient (Wildman–Crippen LogP) is 0.433. The van der Waals surface area contributed by atoms with Crippen LogP contribution in [0.25, 0.3) is 0 Å². The molecular formula is C20H22N4O6S. The van der Waals surface area contributed by atoms with E-state index in [1.165, 1.54) is 30.3 Å². The highest BCUT2D eigenvalue weighted by molar-refractivity contribution is 7.90. The lowest BCUT2D eigenvalue weighted by atomic mass is 10.2. The number of likely N-dealkylation sites (N-methyl/N-ethyl adjacent to an activating group) is 1. The van der Waals surface area contributed by atoms with Crippen molar-refractivity contribution in [3.8, 4) is 0 Å². The minimum Gasteiger partial charge on any atom is -0.452 e. The number of amidine groups is 1. The summed E-state index contributed by atoms with van der Waals surface area (Å²) in [5.41, 5.74) is 1.84. The fourth-order valence-electron chi connectivity index (χ4n) is 2.78. The zero-order valence-corrected chi connectivity index (χ0v) is 17.9. The van der Waals surface area contributed by atoms with Gasteiger partial charge in [0.25, 0.3) is 15.9 Å². The topological polar surface area (TPSA) is 125 Å². The van der Waals surface area contributed by atoms with Gasteiger partial charge in [-0.15, -0.1) is 4.40 Å². The number of ether oxygens (including phenoxy) is 1. The highest BCUT2D eigenvalue weighted by atomic mass is 32.2. The molecule has 1 N–H and O–H groups in total. The number of anilines is 1. The van der Waals surface area contributed by atoms with E-state index in [0.29, 0.717) is 5.69 Å². The van der Waals surface area contributed by atoms with Crippen LogP contribution in [0.2, 0.25) is 0 Å². The van der Waals surface area contributed by atoms with Gasteiger partial charge in [0, 0.05) is 25.5 Å². The number of nitrogens with one attached hydrogen (secondary N) is 1. The molecule has 11 heteroatoms. The van der Waals surface area contributed by atoms with Crippen molar-refractivity contribution in [1.82, 2.24) is 9.80 Å². The highest BCUT2D eigenvalue weighted by Gasteiger charge is 2.26. The van der Waals surface area contributed by atoms with Crippen LogP contribution in [0, 0.1) is 6.92 Å². The van der Waals surface area contributed by atoms with E-state index in [1.807, 2.05) is 19.1 Å². The monoisotopic (exact) mass is 446 g/mol. The lowest BCUT2D eigenvalue weighted by molar-refractivity contribution is -0.148. The van der Waals surface area contributed by atoms with Gasteiger partial charge in [-0.1, -0.05) is 17.7 Å². The molecule has 10 nitrogen and oxygen atoms in total. The summed E-state index contributed by atoms with van der Waals surface area (Å²) in [5, 5.41) is 2.69. The Bertz CT molecular complexity index is 1090. The van der Waals surface area contributed by atoms with E-state index < -0.39 is 28.5 Å². The minimum absolute atomic E-state index is 0.156. The van der Waals surface area contributed by atoms with Gasteiger partial charge in [0.05, 0.1) is 17.9 Å². The van der Waals surface area contributed by atoms with Crippen LogP contribution >= 0.6 is 0 Å². The zero-order chi connectivity index (χ0) is 22.6. The maximum absolute atomic E-state index is 12.2. The number of fused-ring (bicyclic) bond motifs is 1. The van der Waals surface area contributed by atoms with Crippen molar-refractivity contribution in [1.29, 1.82) is 0 Å². The Kier molecular flexibility index (Phi) is 6.54. The Morgan fingerprint density at radius 1 is 1.19 bits per heavy atom. The summed E-state index contributed by atoms with van der Waals surface area (Å²) in [6.45, 7) is 1.37. The maximum atomic E-state index is 12.2. The van der Waals surface area contributed by atoms with Crippen LogP contribution < -0.4 is 5.32 Å². The molecule has 2 heterocycles. The number of hydrogen-bond donors (Lipinski definition) is 1. The van der Waals surface area contributed by atoms with Gasteiger partial charge in [-0.25, -0.2) is 13.2 Å². The largest absolute Gasteiger partial charge is 0.452 e. The molecule has 31 heavy (non-hydrogen) atoms. The first-order valence-electron chi connectivity index (χ1n) is 9.40. The molecule has 164 valence electrons. The second-order valence-electron chi connectivity index (χ2n) is 7.09. The SMILES string of the molecule is Cc1ccc(NC(=O)CN(C)C(=O)COC(=O)C2=CN3CCS(=O)(=O)N=C3C=C2)cc1. The Morgan fingerprint density at radius 2 is 1.90 bits per heavy atom. The van der Waals surface area contributed by atoms with E-state index in [0.717, 1.165) is 10.5 Å². The van der Waals surface area contributed by atoms with Gasteiger partial charge in [0.1, 0.15) is 5.84 Å². The number of rotatable bonds is 6. The maximum Gasteiger partial charge on any atom is 0.340 e. The zero-order valence-electron chi connectivity index (χ0n) is 17.1. The second-order valence-corrected chi connectivity index (χ2v) is 8.84. The number of sulfonamides is 1. The number of aryl methyl sites for hydroxylation is 1. The normalized spacial score (nSPS) is 16.5. The molecule has 0 aliphatic carbocycles. The summed E-state index contributed by atoms with van der Waals surface area (Å²) >= 11 is 0. The summed E-state index contributed by atoms with van der Waals surface area (Å²) < 4.78 is 31.7. The summed E-state index contributed by atoms with van der Waals surface area (Å²) in [6, 6.07) is 7.23. The van der Waals surface area contributed by atoms with E-state index in [9.17, 15) is 22.8 Å². The third-order valence-corrected chi connectivity index (χ3v) is 5.69. The van der Waals surface area contributed by atoms with Crippen LogP contribution in [0.15, 0.2) is 52.6 Å². The van der Waals surface area contributed by atoms with Gasteiger partial charge in [0.15, 0.2) is 6.61 Å². The van der Waals surface area contributed by atoms with E-state index in [-0.39, 0.29) is 36.2 Å². The molecule has 0 aromatic heterocycles. The number of amides is 2. The first kappa shape index (κ1) is 22.2. The summed E-state index contributed by atoms with van der Waals surface area (Å²) in [4.78, 5) is 39.2. The van der Waals surface area contributed by atoms with E-state index in [2.05, 4.69) is 9.71 Å². The summed E-state index contributed by atoms with van der Waals surface area (Å²) in [7, 11) is -2.05. The van der Waals surface area contributed by atoms with Crippen molar-refractivity contribution in [3.05, 3.63) is 53.8 Å². The lowest BCUT2D eigenvalue weighted by Gasteiger charge is -2.26. The first-order chi connectivity index (χ1) is 14.6. The Balaban J connectivity index is 1.48. The second kappa shape index (κ2) is 9.13. The van der Waals surface area contributed by atoms with Gasteiger partial charge in [-0.3, -0.25) is 9.59 Å². The van der Waals surface area contributed by atoms with Gasteiger partial charge >= 0.3 is 5.97 Å². The molecule has 3 rings (SSSR count). The Labute approximate surface area is 179 Å². The van der Waals surface area contributed by atoms with Gasteiger partial charge in [-0.2, -0.15) is 0 Å². The Hall–Kier alpha value is -3.47. The summed E-state index contributed by atoms with van der Waals surface area (Å²) in [6.07, 6.45) is 4.21. The predicted molar refractivity (Wildman–Crippen MR) is 114 cm³/mol. The fourth-order valence-corrected chi connectivity index (χ4v) is 3.75. The molecule has 2 aliphatic heterocycles. The van der Waals surface area contributed by atoms with E-state index in [1.54, 1.807) is 12.1 Å². The molecule has 1 aromatic carbocycles. The molecule has 0 spiro atoms. The quantitative estimate of drug-likeness (QED) is 0.628. The molecule has 0 saturated carbocycles. The number of carbonyl (C=O) groups excluding carboxylic acids is 3. The van der Waals surface area contributed by atoms with Gasteiger partial charge in [-0.05, 0) is 31.2 Å². The van der Waals surface area contributed by atoms with Crippen molar-refractivity contribution < 1.29 is 27.5 Å². The average Bonchev–Trinajstić information content (AvgIpc) is 2.72. The number of hydrogen-bond acceptors (Lipinski definition) is 7. The van der Waals surface area contributed by atoms with Crippen LogP contribution in [-0.2, 0) is 29.1 Å². The Morgan fingerprint density at radius 3 is 2.61 bits per heavy atom. The first-order valence-corrected chi connectivity index (χ1v) is 11.0. The van der Waals surface area contributed by atoms with E-state index >= 15 is 0 Å². The third-order valence-electron chi connectivity index (χ3n) is 4.53. The van der Waals surface area contributed by atoms with Crippen LogP contribution in [0.3, 0.4) is 0 Å². The van der Waals surface area contributed by atoms with Crippen molar-refractivity contribution in [2.75, 3.05) is 37.8 Å². The number of carbonyl (C=O) groups is 3. The smallest absolute Gasteiger partial charge is 0.340 e. The molecule has 1 aromatic rings. The highest BCUT2D eigenvalue weighted by Crippen LogP contribution is 2.16. The molecule has 0 fully saturated rings. The van der Waals surface area contributed by atoms with E-state index in [4.69, 9.17) is 4.74 Å². The molecule has 0 unspecified atom stereocenters. The molecule has 0 radical (unpaired) electrons. The van der Waals surface area contributed by atoms with Crippen LogP contribution in [0.1, 0.15) is 5.56 Å². The van der Waals surface area contributed by atoms with Crippen LogP contribution in [0.4, 0.5) is 5.69 Å². The van der Waals surface area contributed by atoms with Crippen molar-refractivity contribution in [2.24, 2.45) is 4.40 Å². The molecular weight excluding hydrogens is 424 g/mol. The standard InChI is InChI=1S/C20H22N4O6S/c1-14-3-6-16(7-4-14)21-18(25)12-23(2)19(26)13-30-20(27)15-5-8-17-22-31(28,29)10-9-24(17)11-15/h3-8,11H,9-10,12-13H2,1-2H3,(H,21,25). The van der Waals surface area contributed by atoms with Gasteiger partial charge in [0.2, 0.25) is 5.91 Å². The summed E-state index contributed by atoms with van der Waals surface area (Å²) in [5.74, 6) is -1.60. The third kappa shape index (κ3) is 6.01. The van der Waals surface area contributed by atoms with Crippen molar-refractivity contribution >= 4 is 39.3 Å². The van der Waals surface area contributed by atoms with Crippen molar-refractivity contribution in [2.45, 2.75) is 6.92 Å². The molecule has 2 aliphatic rings. The lowest BCUT2D eigenvalue weighted by Crippen LogP contribution is -2.38. The molecule has 0 saturated heterocycles. The fraction of sp³-hybridized carbons (Fsp3) is 0.300.